The van der Waals surface area contributed by atoms with Gasteiger partial charge in [0.2, 0.25) is 0 Å². The number of aryl methyl sites for hydroxylation is 2. The van der Waals surface area contributed by atoms with Gasteiger partial charge >= 0.3 is 0 Å². The molecule has 1 aromatic carbocycles. The van der Waals surface area contributed by atoms with Gasteiger partial charge in [0.15, 0.2) is 5.11 Å². The Morgan fingerprint density at radius 2 is 1.70 bits per heavy atom. The van der Waals surface area contributed by atoms with Crippen molar-refractivity contribution in [3.8, 4) is 11.6 Å². The Morgan fingerprint density at radius 1 is 0.939 bits per heavy atom. The minimum Gasteiger partial charge on any atom is -0.508 e. The van der Waals surface area contributed by atoms with Gasteiger partial charge in [-0.05, 0) is 92.6 Å². The van der Waals surface area contributed by atoms with E-state index in [2.05, 4.69) is 57.7 Å². The normalized spacial score (nSPS) is 17.9. The van der Waals surface area contributed by atoms with Gasteiger partial charge < -0.3 is 19.9 Å². The van der Waals surface area contributed by atoms with Crippen molar-refractivity contribution < 1.29 is 5.11 Å². The summed E-state index contributed by atoms with van der Waals surface area (Å²) < 4.78 is 2.20. The summed E-state index contributed by atoms with van der Waals surface area (Å²) in [6, 6.07) is 19.1. The fraction of sp³-hybridized carbons (Fsp3) is 0.192. The zero-order valence-electron chi connectivity index (χ0n) is 18.7. The fourth-order valence-electron chi connectivity index (χ4n) is 4.69. The number of anilines is 1. The highest BCUT2D eigenvalue weighted by Crippen LogP contribution is 2.43. The van der Waals surface area contributed by atoms with E-state index in [4.69, 9.17) is 12.2 Å². The SMILES string of the molecule is Cc1cccnc1-n1c(C)cc([C@H]2[C@H](c3ccccn3)NC(=S)N2c2ccc(O)cc2)c1C. The van der Waals surface area contributed by atoms with Crippen LogP contribution < -0.4 is 10.2 Å². The number of hydrogen-bond acceptors (Lipinski definition) is 4. The zero-order valence-corrected chi connectivity index (χ0v) is 19.5. The summed E-state index contributed by atoms with van der Waals surface area (Å²) in [7, 11) is 0. The molecule has 0 unspecified atom stereocenters. The van der Waals surface area contributed by atoms with Crippen molar-refractivity contribution >= 4 is 23.0 Å². The molecule has 0 radical (unpaired) electrons. The van der Waals surface area contributed by atoms with Crippen LogP contribution in [-0.4, -0.2) is 24.8 Å². The van der Waals surface area contributed by atoms with Gasteiger partial charge in [-0.1, -0.05) is 12.1 Å². The Kier molecular flexibility index (Phi) is 5.34. The third kappa shape index (κ3) is 3.64. The Labute approximate surface area is 198 Å². The Morgan fingerprint density at radius 3 is 2.39 bits per heavy atom. The van der Waals surface area contributed by atoms with Crippen LogP contribution in [0.3, 0.4) is 0 Å². The second kappa shape index (κ2) is 8.33. The third-order valence-electron chi connectivity index (χ3n) is 6.21. The first-order valence-corrected chi connectivity index (χ1v) is 11.3. The van der Waals surface area contributed by atoms with Crippen LogP contribution in [0.1, 0.15) is 40.3 Å². The quantitative estimate of drug-likeness (QED) is 0.419. The van der Waals surface area contributed by atoms with Gasteiger partial charge in [0.05, 0.1) is 17.8 Å². The summed E-state index contributed by atoms with van der Waals surface area (Å²) in [5, 5.41) is 13.9. The molecule has 2 N–H and O–H groups in total. The lowest BCUT2D eigenvalue weighted by Gasteiger charge is -2.28. The molecule has 0 bridgehead atoms. The summed E-state index contributed by atoms with van der Waals surface area (Å²) in [5.41, 5.74) is 6.30. The van der Waals surface area contributed by atoms with Crippen molar-refractivity contribution in [3.05, 3.63) is 101 Å². The topological polar surface area (TPSA) is 66.2 Å². The van der Waals surface area contributed by atoms with E-state index >= 15 is 0 Å². The highest BCUT2D eigenvalue weighted by atomic mass is 32.1. The molecule has 5 rings (SSSR count). The van der Waals surface area contributed by atoms with Crippen LogP contribution in [0.25, 0.3) is 5.82 Å². The monoisotopic (exact) mass is 455 g/mol. The van der Waals surface area contributed by atoms with Crippen molar-refractivity contribution in [2.24, 2.45) is 0 Å². The number of benzene rings is 1. The first-order chi connectivity index (χ1) is 16.0. The van der Waals surface area contributed by atoms with E-state index in [0.717, 1.165) is 39.7 Å². The number of phenols is 1. The Hall–Kier alpha value is -3.71. The molecule has 0 spiro atoms. The molecule has 0 saturated carbocycles. The molecule has 33 heavy (non-hydrogen) atoms. The van der Waals surface area contributed by atoms with Crippen molar-refractivity contribution in [2.45, 2.75) is 32.9 Å². The number of aromatic hydroxyl groups is 1. The van der Waals surface area contributed by atoms with Crippen molar-refractivity contribution in [3.63, 3.8) is 0 Å². The van der Waals surface area contributed by atoms with Crippen LogP contribution in [0, 0.1) is 20.8 Å². The number of thiocarbonyl (C=S) groups is 1. The average Bonchev–Trinajstić information content (AvgIpc) is 3.31. The summed E-state index contributed by atoms with van der Waals surface area (Å²) in [6.45, 7) is 6.31. The smallest absolute Gasteiger partial charge is 0.174 e. The van der Waals surface area contributed by atoms with E-state index in [0.29, 0.717) is 5.11 Å². The van der Waals surface area contributed by atoms with Crippen LogP contribution in [0.15, 0.2) is 73.1 Å². The number of pyridine rings is 2. The summed E-state index contributed by atoms with van der Waals surface area (Å²) >= 11 is 5.81. The van der Waals surface area contributed by atoms with E-state index in [9.17, 15) is 5.11 Å². The maximum atomic E-state index is 9.83. The minimum atomic E-state index is -0.133. The molecule has 166 valence electrons. The molecule has 0 amide bonds. The van der Waals surface area contributed by atoms with Crippen LogP contribution in [0.5, 0.6) is 5.75 Å². The Balaban J connectivity index is 1.69. The molecule has 1 aliphatic heterocycles. The number of nitrogens with one attached hydrogen (secondary N) is 1. The lowest BCUT2D eigenvalue weighted by atomic mass is 9.96. The zero-order chi connectivity index (χ0) is 23.1. The summed E-state index contributed by atoms with van der Waals surface area (Å²) in [4.78, 5) is 11.4. The predicted molar refractivity (Wildman–Crippen MR) is 134 cm³/mol. The van der Waals surface area contributed by atoms with Gasteiger partial charge in [-0.25, -0.2) is 4.98 Å². The molecule has 1 fully saturated rings. The van der Waals surface area contributed by atoms with E-state index in [-0.39, 0.29) is 17.8 Å². The molecular formula is C26H25N5OS. The third-order valence-corrected chi connectivity index (χ3v) is 6.52. The van der Waals surface area contributed by atoms with Gasteiger partial charge in [-0.15, -0.1) is 0 Å². The van der Waals surface area contributed by atoms with E-state index in [1.807, 2.05) is 42.6 Å². The number of aromatic nitrogens is 3. The molecule has 6 nitrogen and oxygen atoms in total. The molecule has 1 aliphatic rings. The first kappa shape index (κ1) is 21.2. The minimum absolute atomic E-state index is 0.124. The van der Waals surface area contributed by atoms with Crippen LogP contribution in [0.4, 0.5) is 5.69 Å². The van der Waals surface area contributed by atoms with Gasteiger partial charge in [0.1, 0.15) is 11.6 Å². The van der Waals surface area contributed by atoms with Crippen LogP contribution >= 0.6 is 12.2 Å². The largest absolute Gasteiger partial charge is 0.508 e. The molecule has 0 aliphatic carbocycles. The first-order valence-electron chi connectivity index (χ1n) is 10.9. The highest BCUT2D eigenvalue weighted by molar-refractivity contribution is 7.80. The molecule has 2 atom stereocenters. The fourth-order valence-corrected chi connectivity index (χ4v) is 5.03. The van der Waals surface area contributed by atoms with Gasteiger partial charge in [0.25, 0.3) is 0 Å². The van der Waals surface area contributed by atoms with Gasteiger partial charge in [-0.3, -0.25) is 4.98 Å². The van der Waals surface area contributed by atoms with Gasteiger partial charge in [-0.2, -0.15) is 0 Å². The molecule has 7 heteroatoms. The maximum absolute atomic E-state index is 9.83. The lowest BCUT2D eigenvalue weighted by Crippen LogP contribution is -2.29. The number of nitrogens with zero attached hydrogens (tertiary/aromatic N) is 4. The predicted octanol–water partition coefficient (Wildman–Crippen LogP) is 5.08. The summed E-state index contributed by atoms with van der Waals surface area (Å²) in [6.07, 6.45) is 3.63. The van der Waals surface area contributed by atoms with E-state index in [1.165, 1.54) is 0 Å². The average molecular weight is 456 g/mol. The molecule has 1 saturated heterocycles. The second-order valence-corrected chi connectivity index (χ2v) is 8.71. The number of phenolic OH excluding ortho intramolecular Hbond substituents is 1. The molecule has 3 aromatic heterocycles. The standard InChI is InChI=1S/C26H25N5OS/c1-16-7-6-14-28-25(16)30-17(2)15-21(18(30)3)24-23(22-8-4-5-13-27-22)29-26(33)31(24)19-9-11-20(32)12-10-19/h4-15,23-24,32H,1-3H3,(H,29,33)/t23-,24-/m0/s1. The van der Waals surface area contributed by atoms with Crippen LogP contribution in [0.2, 0.25) is 0 Å². The van der Waals surface area contributed by atoms with Gasteiger partial charge in [0, 0.05) is 29.5 Å². The van der Waals surface area contributed by atoms with Crippen LogP contribution in [-0.2, 0) is 0 Å². The molecular weight excluding hydrogens is 430 g/mol. The van der Waals surface area contributed by atoms with E-state index in [1.54, 1.807) is 18.3 Å². The molecule has 4 aromatic rings. The van der Waals surface area contributed by atoms with E-state index < -0.39 is 0 Å². The molecule has 4 heterocycles. The maximum Gasteiger partial charge on any atom is 0.174 e. The number of hydrogen-bond donors (Lipinski definition) is 2. The lowest BCUT2D eigenvalue weighted by molar-refractivity contribution is 0.475. The highest BCUT2D eigenvalue weighted by Gasteiger charge is 2.42. The summed E-state index contributed by atoms with van der Waals surface area (Å²) in [5.74, 6) is 1.15. The van der Waals surface area contributed by atoms with Crippen molar-refractivity contribution in [1.82, 2.24) is 19.9 Å². The second-order valence-electron chi connectivity index (χ2n) is 8.32. The Bertz CT molecular complexity index is 1320. The number of rotatable bonds is 4. The van der Waals surface area contributed by atoms with Crippen molar-refractivity contribution in [1.29, 1.82) is 0 Å². The van der Waals surface area contributed by atoms with Crippen molar-refractivity contribution in [2.75, 3.05) is 4.90 Å².